The Balaban J connectivity index is 1.93. The fraction of sp³-hybridized carbons (Fsp3) is 0.333. The molecule has 2 rings (SSSR count). The number of carbonyl (C=O) groups is 1. The van der Waals surface area contributed by atoms with Crippen molar-refractivity contribution < 1.29 is 4.79 Å². The first-order chi connectivity index (χ1) is 11.5. The van der Waals surface area contributed by atoms with Gasteiger partial charge in [0.25, 0.3) is 0 Å². The molecule has 0 saturated heterocycles. The third-order valence-electron chi connectivity index (χ3n) is 2.94. The zero-order valence-corrected chi connectivity index (χ0v) is 15.6. The van der Waals surface area contributed by atoms with Crippen LogP contribution in [0.3, 0.4) is 0 Å². The maximum absolute atomic E-state index is 12.3. The summed E-state index contributed by atoms with van der Waals surface area (Å²) in [6.45, 7) is 4.71. The van der Waals surface area contributed by atoms with Crippen molar-refractivity contribution in [2.75, 3.05) is 17.2 Å². The van der Waals surface area contributed by atoms with E-state index in [0.717, 1.165) is 22.4 Å². The van der Waals surface area contributed by atoms with Crippen LogP contribution in [-0.4, -0.2) is 27.9 Å². The van der Waals surface area contributed by atoms with Crippen molar-refractivity contribution >= 4 is 51.4 Å². The molecule has 0 radical (unpaired) electrons. The summed E-state index contributed by atoms with van der Waals surface area (Å²) >= 11 is 8.73. The standard InChI is InChI=1S/C15H16ClN5OS2/c1-3-6-18-14-20-21-15(24-14)23-9(2)13(22)19-11-5-4-10(8-17)12(16)7-11/h4-5,7,9H,3,6H2,1-2H3,(H,18,20)(H,19,22)/t9-/m0/s1. The molecule has 0 saturated carbocycles. The van der Waals surface area contributed by atoms with Gasteiger partial charge in [0.05, 0.1) is 15.8 Å². The zero-order valence-electron chi connectivity index (χ0n) is 13.2. The van der Waals surface area contributed by atoms with E-state index in [2.05, 4.69) is 27.8 Å². The highest BCUT2D eigenvalue weighted by Gasteiger charge is 2.17. The van der Waals surface area contributed by atoms with Gasteiger partial charge in [0.2, 0.25) is 11.0 Å². The van der Waals surface area contributed by atoms with Crippen LogP contribution in [0.1, 0.15) is 25.8 Å². The van der Waals surface area contributed by atoms with Crippen molar-refractivity contribution in [3.63, 3.8) is 0 Å². The molecule has 0 unspecified atom stereocenters. The first kappa shape index (κ1) is 18.5. The number of benzene rings is 1. The molecule has 2 N–H and O–H groups in total. The maximum atomic E-state index is 12.3. The summed E-state index contributed by atoms with van der Waals surface area (Å²) in [5.41, 5.74) is 0.928. The monoisotopic (exact) mass is 381 g/mol. The zero-order chi connectivity index (χ0) is 17.5. The van der Waals surface area contributed by atoms with Crippen molar-refractivity contribution in [2.24, 2.45) is 0 Å². The molecule has 0 aliphatic carbocycles. The van der Waals surface area contributed by atoms with Gasteiger partial charge in [-0.05, 0) is 31.5 Å². The minimum Gasteiger partial charge on any atom is -0.360 e. The number of carbonyl (C=O) groups excluding carboxylic acids is 1. The predicted octanol–water partition coefficient (Wildman–Crippen LogP) is 4.00. The van der Waals surface area contributed by atoms with Crippen LogP contribution in [0, 0.1) is 11.3 Å². The average Bonchev–Trinajstić information content (AvgIpc) is 3.00. The molecule has 1 aromatic carbocycles. The van der Waals surface area contributed by atoms with Gasteiger partial charge in [-0.25, -0.2) is 0 Å². The molecule has 2 aromatic rings. The summed E-state index contributed by atoms with van der Waals surface area (Å²) in [6, 6.07) is 6.77. The van der Waals surface area contributed by atoms with Gasteiger partial charge in [-0.15, -0.1) is 10.2 Å². The molecule has 0 spiro atoms. The fourth-order valence-corrected chi connectivity index (χ4v) is 3.84. The number of anilines is 2. The number of nitriles is 1. The Bertz CT molecular complexity index is 759. The Morgan fingerprint density at radius 2 is 2.29 bits per heavy atom. The van der Waals surface area contributed by atoms with E-state index < -0.39 is 0 Å². The van der Waals surface area contributed by atoms with Crippen LogP contribution in [0.15, 0.2) is 22.5 Å². The fourth-order valence-electron chi connectivity index (χ4n) is 1.69. The summed E-state index contributed by atoms with van der Waals surface area (Å²) in [5.74, 6) is -0.168. The molecule has 9 heteroatoms. The summed E-state index contributed by atoms with van der Waals surface area (Å²) in [6.07, 6.45) is 1.01. The lowest BCUT2D eigenvalue weighted by Gasteiger charge is -2.10. The number of amides is 1. The van der Waals surface area contributed by atoms with Gasteiger partial charge < -0.3 is 10.6 Å². The number of hydrogen-bond acceptors (Lipinski definition) is 7. The van der Waals surface area contributed by atoms with Gasteiger partial charge in [-0.3, -0.25) is 4.79 Å². The molecule has 1 aromatic heterocycles. The van der Waals surface area contributed by atoms with E-state index in [0.29, 0.717) is 16.3 Å². The van der Waals surface area contributed by atoms with Crippen molar-refractivity contribution in [3.8, 4) is 6.07 Å². The molecular weight excluding hydrogens is 366 g/mol. The molecule has 0 aliphatic rings. The molecule has 0 fully saturated rings. The molecule has 1 amide bonds. The van der Waals surface area contributed by atoms with E-state index in [9.17, 15) is 4.79 Å². The van der Waals surface area contributed by atoms with Gasteiger partial charge >= 0.3 is 0 Å². The van der Waals surface area contributed by atoms with E-state index in [1.807, 2.05) is 6.07 Å². The molecule has 6 nitrogen and oxygen atoms in total. The van der Waals surface area contributed by atoms with Crippen molar-refractivity contribution in [1.29, 1.82) is 5.26 Å². The minimum absolute atomic E-state index is 0.168. The van der Waals surface area contributed by atoms with Gasteiger partial charge in [0.1, 0.15) is 6.07 Å². The van der Waals surface area contributed by atoms with Crippen LogP contribution in [0.25, 0.3) is 0 Å². The second-order valence-electron chi connectivity index (χ2n) is 4.86. The van der Waals surface area contributed by atoms with Crippen LogP contribution in [0.2, 0.25) is 5.02 Å². The molecule has 1 heterocycles. The quantitative estimate of drug-likeness (QED) is 0.704. The highest BCUT2D eigenvalue weighted by molar-refractivity contribution is 8.02. The van der Waals surface area contributed by atoms with Crippen LogP contribution in [0.5, 0.6) is 0 Å². The van der Waals surface area contributed by atoms with Crippen LogP contribution in [0.4, 0.5) is 10.8 Å². The van der Waals surface area contributed by atoms with E-state index >= 15 is 0 Å². The van der Waals surface area contributed by atoms with Crippen molar-refractivity contribution in [2.45, 2.75) is 29.9 Å². The Kier molecular flexibility index (Phi) is 6.85. The van der Waals surface area contributed by atoms with Crippen molar-refractivity contribution in [3.05, 3.63) is 28.8 Å². The van der Waals surface area contributed by atoms with Gasteiger partial charge in [-0.2, -0.15) is 5.26 Å². The Hall–Kier alpha value is -1.82. The topological polar surface area (TPSA) is 90.7 Å². The second kappa shape index (κ2) is 8.87. The number of nitrogens with zero attached hydrogens (tertiary/aromatic N) is 3. The smallest absolute Gasteiger partial charge is 0.237 e. The Labute approximate surface area is 153 Å². The number of thioether (sulfide) groups is 1. The number of nitrogens with one attached hydrogen (secondary N) is 2. The number of halogens is 1. The maximum Gasteiger partial charge on any atom is 0.237 e. The highest BCUT2D eigenvalue weighted by Crippen LogP contribution is 2.29. The molecule has 0 bridgehead atoms. The number of rotatable bonds is 7. The molecule has 0 aliphatic heterocycles. The lowest BCUT2D eigenvalue weighted by molar-refractivity contribution is -0.115. The van der Waals surface area contributed by atoms with E-state index in [1.165, 1.54) is 23.1 Å². The largest absolute Gasteiger partial charge is 0.360 e. The second-order valence-corrected chi connectivity index (χ2v) is 7.83. The SMILES string of the molecule is CCCNc1nnc(S[C@@H](C)C(=O)Nc2ccc(C#N)c(Cl)c2)s1. The third kappa shape index (κ3) is 5.09. The summed E-state index contributed by atoms with van der Waals surface area (Å²) in [5, 5.41) is 23.6. The molecular formula is C15H16ClN5OS2. The van der Waals surface area contributed by atoms with Crippen LogP contribution < -0.4 is 10.6 Å². The Morgan fingerprint density at radius 3 is 2.96 bits per heavy atom. The van der Waals surface area contributed by atoms with Crippen LogP contribution >= 0.6 is 34.7 Å². The first-order valence-corrected chi connectivity index (χ1v) is 9.35. The lowest BCUT2D eigenvalue weighted by Crippen LogP contribution is -2.22. The van der Waals surface area contributed by atoms with Gasteiger partial charge in [0, 0.05) is 12.2 Å². The van der Waals surface area contributed by atoms with E-state index in [-0.39, 0.29) is 11.2 Å². The Morgan fingerprint density at radius 1 is 1.50 bits per heavy atom. The van der Waals surface area contributed by atoms with E-state index in [4.69, 9.17) is 16.9 Å². The van der Waals surface area contributed by atoms with Crippen LogP contribution in [-0.2, 0) is 4.79 Å². The van der Waals surface area contributed by atoms with Gasteiger partial charge in [-0.1, -0.05) is 41.6 Å². The molecule has 126 valence electrons. The highest BCUT2D eigenvalue weighted by atomic mass is 35.5. The minimum atomic E-state index is -0.341. The van der Waals surface area contributed by atoms with E-state index in [1.54, 1.807) is 25.1 Å². The third-order valence-corrected chi connectivity index (χ3v) is 5.31. The first-order valence-electron chi connectivity index (χ1n) is 7.28. The average molecular weight is 382 g/mol. The summed E-state index contributed by atoms with van der Waals surface area (Å²) < 4.78 is 0.731. The normalized spacial score (nSPS) is 11.6. The lowest BCUT2D eigenvalue weighted by atomic mass is 10.2. The predicted molar refractivity (Wildman–Crippen MR) is 98.8 cm³/mol. The summed E-state index contributed by atoms with van der Waals surface area (Å²) in [7, 11) is 0. The number of hydrogen-bond donors (Lipinski definition) is 2. The number of aromatic nitrogens is 2. The summed E-state index contributed by atoms with van der Waals surface area (Å²) in [4.78, 5) is 12.3. The molecule has 1 atom stereocenters. The van der Waals surface area contributed by atoms with Gasteiger partial charge in [0.15, 0.2) is 4.34 Å². The van der Waals surface area contributed by atoms with Crippen molar-refractivity contribution in [1.82, 2.24) is 10.2 Å². The molecule has 24 heavy (non-hydrogen) atoms.